The van der Waals surface area contributed by atoms with Gasteiger partial charge in [-0.15, -0.1) is 6.58 Å². The van der Waals surface area contributed by atoms with Gasteiger partial charge in [0.25, 0.3) is 5.91 Å². The average Bonchev–Trinajstić information content (AvgIpc) is 2.41. The van der Waals surface area contributed by atoms with Crippen LogP contribution >= 0.6 is 12.2 Å². The van der Waals surface area contributed by atoms with E-state index in [4.69, 9.17) is 12.2 Å². The van der Waals surface area contributed by atoms with E-state index in [1.807, 2.05) is 12.1 Å². The quantitative estimate of drug-likeness (QED) is 0.454. The smallest absolute Gasteiger partial charge is 0.269 e. The van der Waals surface area contributed by atoms with Crippen molar-refractivity contribution in [2.75, 3.05) is 6.54 Å². The van der Waals surface area contributed by atoms with Gasteiger partial charge in [-0.25, -0.2) is 0 Å². The summed E-state index contributed by atoms with van der Waals surface area (Å²) in [7, 11) is 0. The number of thiocarbonyl (C=S) groups is 1. The number of benzene rings is 1. The normalized spacial score (nSPS) is 10.6. The van der Waals surface area contributed by atoms with Crippen LogP contribution in [0.3, 0.4) is 0 Å². The van der Waals surface area contributed by atoms with Gasteiger partial charge in [0.1, 0.15) is 0 Å². The van der Waals surface area contributed by atoms with Crippen LogP contribution < -0.4 is 16.2 Å². The van der Waals surface area contributed by atoms with Crippen LogP contribution in [-0.2, 0) is 5.41 Å². The molecule has 108 valence electrons. The molecule has 1 amide bonds. The molecule has 0 saturated heterocycles. The molecule has 1 aromatic carbocycles. The molecule has 0 aliphatic rings. The summed E-state index contributed by atoms with van der Waals surface area (Å²) < 4.78 is 0. The molecule has 0 radical (unpaired) electrons. The Bertz CT molecular complexity index is 489. The summed E-state index contributed by atoms with van der Waals surface area (Å²) in [6, 6.07) is 7.53. The Kier molecular flexibility index (Phi) is 5.70. The SMILES string of the molecule is C=CCNC(=S)NNC(=O)c1ccc(C(C)(C)C)cc1. The summed E-state index contributed by atoms with van der Waals surface area (Å²) in [6.07, 6.45) is 1.68. The largest absolute Gasteiger partial charge is 0.358 e. The second-order valence-corrected chi connectivity index (χ2v) is 5.81. The van der Waals surface area contributed by atoms with Crippen molar-refractivity contribution in [3.63, 3.8) is 0 Å². The molecule has 0 aliphatic carbocycles. The van der Waals surface area contributed by atoms with Gasteiger partial charge in [-0.3, -0.25) is 15.6 Å². The molecule has 20 heavy (non-hydrogen) atoms. The number of carbonyl (C=O) groups is 1. The Morgan fingerprint density at radius 2 is 1.85 bits per heavy atom. The lowest BCUT2D eigenvalue weighted by Gasteiger charge is -2.19. The lowest BCUT2D eigenvalue weighted by Crippen LogP contribution is -2.46. The molecule has 1 aromatic rings. The van der Waals surface area contributed by atoms with Gasteiger partial charge in [-0.1, -0.05) is 39.0 Å². The third-order valence-electron chi connectivity index (χ3n) is 2.71. The molecule has 0 heterocycles. The van der Waals surface area contributed by atoms with E-state index >= 15 is 0 Å². The summed E-state index contributed by atoms with van der Waals surface area (Å²) in [4.78, 5) is 11.9. The van der Waals surface area contributed by atoms with E-state index in [2.05, 4.69) is 43.5 Å². The first-order chi connectivity index (χ1) is 9.34. The molecule has 0 bridgehead atoms. The fraction of sp³-hybridized carbons (Fsp3) is 0.333. The highest BCUT2D eigenvalue weighted by Gasteiger charge is 2.14. The third kappa shape index (κ3) is 5.01. The third-order valence-corrected chi connectivity index (χ3v) is 2.96. The van der Waals surface area contributed by atoms with Crippen LogP contribution in [0, 0.1) is 0 Å². The molecule has 3 N–H and O–H groups in total. The molecule has 4 nitrogen and oxygen atoms in total. The number of amides is 1. The zero-order valence-corrected chi connectivity index (χ0v) is 12.9. The van der Waals surface area contributed by atoms with Gasteiger partial charge in [-0.05, 0) is 35.3 Å². The minimum Gasteiger partial charge on any atom is -0.358 e. The van der Waals surface area contributed by atoms with Crippen LogP contribution in [0.4, 0.5) is 0 Å². The van der Waals surface area contributed by atoms with E-state index in [1.54, 1.807) is 18.2 Å². The van der Waals surface area contributed by atoms with Crippen molar-refractivity contribution >= 4 is 23.2 Å². The van der Waals surface area contributed by atoms with Gasteiger partial charge in [0, 0.05) is 12.1 Å². The predicted molar refractivity (Wildman–Crippen MR) is 86.5 cm³/mol. The van der Waals surface area contributed by atoms with E-state index < -0.39 is 0 Å². The Morgan fingerprint density at radius 3 is 2.35 bits per heavy atom. The molecular formula is C15H21N3OS. The second-order valence-electron chi connectivity index (χ2n) is 5.41. The van der Waals surface area contributed by atoms with E-state index in [-0.39, 0.29) is 11.3 Å². The predicted octanol–water partition coefficient (Wildman–Crippen LogP) is 2.28. The molecule has 0 atom stereocenters. The average molecular weight is 291 g/mol. The van der Waals surface area contributed by atoms with Crippen LogP contribution in [0.5, 0.6) is 0 Å². The molecule has 0 fully saturated rings. The molecule has 0 aromatic heterocycles. The molecule has 5 heteroatoms. The maximum atomic E-state index is 11.9. The molecular weight excluding hydrogens is 270 g/mol. The topological polar surface area (TPSA) is 53.2 Å². The summed E-state index contributed by atoms with van der Waals surface area (Å²) in [5.41, 5.74) is 7.01. The maximum absolute atomic E-state index is 11.9. The number of hydrogen-bond donors (Lipinski definition) is 3. The number of rotatable bonds is 3. The lowest BCUT2D eigenvalue weighted by molar-refractivity contribution is 0.0943. The van der Waals surface area contributed by atoms with Crippen molar-refractivity contribution in [3.05, 3.63) is 48.0 Å². The standard InChI is InChI=1S/C15H21N3OS/c1-5-10-16-14(20)18-17-13(19)11-6-8-12(9-7-11)15(2,3)4/h5-9H,1,10H2,2-4H3,(H,17,19)(H2,16,18,20). The van der Waals surface area contributed by atoms with Crippen molar-refractivity contribution in [1.29, 1.82) is 0 Å². The van der Waals surface area contributed by atoms with Gasteiger partial charge in [0.15, 0.2) is 5.11 Å². The number of carbonyl (C=O) groups excluding carboxylic acids is 1. The highest BCUT2D eigenvalue weighted by atomic mass is 32.1. The number of nitrogens with one attached hydrogen (secondary N) is 3. The molecule has 1 rings (SSSR count). The maximum Gasteiger partial charge on any atom is 0.269 e. The first-order valence-electron chi connectivity index (χ1n) is 6.40. The molecule has 0 spiro atoms. The number of hydrazine groups is 1. The monoisotopic (exact) mass is 291 g/mol. The Labute approximate surface area is 125 Å². The van der Waals surface area contributed by atoms with Crippen LogP contribution in [0.25, 0.3) is 0 Å². The van der Waals surface area contributed by atoms with Gasteiger partial charge >= 0.3 is 0 Å². The zero-order valence-electron chi connectivity index (χ0n) is 12.1. The van der Waals surface area contributed by atoms with Crippen molar-refractivity contribution in [1.82, 2.24) is 16.2 Å². The minimum atomic E-state index is -0.229. The van der Waals surface area contributed by atoms with Crippen molar-refractivity contribution in [2.24, 2.45) is 0 Å². The Morgan fingerprint density at radius 1 is 1.25 bits per heavy atom. The Hall–Kier alpha value is -1.88. The lowest BCUT2D eigenvalue weighted by atomic mass is 9.87. The van der Waals surface area contributed by atoms with Gasteiger partial charge in [0.2, 0.25) is 0 Å². The first kappa shape index (κ1) is 16.2. The summed E-state index contributed by atoms with van der Waals surface area (Å²) in [6.45, 7) is 10.5. The zero-order chi connectivity index (χ0) is 15.2. The first-order valence-corrected chi connectivity index (χ1v) is 6.81. The van der Waals surface area contributed by atoms with E-state index in [1.165, 1.54) is 5.56 Å². The van der Waals surface area contributed by atoms with Crippen molar-refractivity contribution < 1.29 is 4.79 Å². The highest BCUT2D eigenvalue weighted by molar-refractivity contribution is 7.80. The highest BCUT2D eigenvalue weighted by Crippen LogP contribution is 2.21. The van der Waals surface area contributed by atoms with Crippen molar-refractivity contribution in [2.45, 2.75) is 26.2 Å². The summed E-state index contributed by atoms with van der Waals surface area (Å²) >= 11 is 4.97. The molecule has 0 unspecified atom stereocenters. The minimum absolute atomic E-state index is 0.0728. The van der Waals surface area contributed by atoms with Crippen LogP contribution in [0.15, 0.2) is 36.9 Å². The van der Waals surface area contributed by atoms with E-state index in [0.29, 0.717) is 17.2 Å². The second kappa shape index (κ2) is 7.05. The van der Waals surface area contributed by atoms with Crippen LogP contribution in [0.2, 0.25) is 0 Å². The van der Waals surface area contributed by atoms with Gasteiger partial charge < -0.3 is 5.32 Å². The number of hydrogen-bond acceptors (Lipinski definition) is 2. The Balaban J connectivity index is 2.56. The van der Waals surface area contributed by atoms with Crippen LogP contribution in [0.1, 0.15) is 36.7 Å². The molecule has 0 saturated carbocycles. The van der Waals surface area contributed by atoms with Crippen LogP contribution in [-0.4, -0.2) is 17.6 Å². The van der Waals surface area contributed by atoms with E-state index in [0.717, 1.165) is 0 Å². The van der Waals surface area contributed by atoms with Crippen molar-refractivity contribution in [3.8, 4) is 0 Å². The molecule has 0 aliphatic heterocycles. The summed E-state index contributed by atoms with van der Waals surface area (Å²) in [5.74, 6) is -0.229. The van der Waals surface area contributed by atoms with E-state index in [9.17, 15) is 4.79 Å². The fourth-order valence-corrected chi connectivity index (χ4v) is 1.65. The summed E-state index contributed by atoms with van der Waals surface area (Å²) in [5, 5.41) is 3.21. The fourth-order valence-electron chi connectivity index (χ4n) is 1.52. The van der Waals surface area contributed by atoms with Gasteiger partial charge in [0.05, 0.1) is 0 Å². The van der Waals surface area contributed by atoms with Gasteiger partial charge in [-0.2, -0.15) is 0 Å².